The van der Waals surface area contributed by atoms with Gasteiger partial charge in [-0.15, -0.1) is 0 Å². The van der Waals surface area contributed by atoms with Crippen LogP contribution in [0.2, 0.25) is 0 Å². The Bertz CT molecular complexity index is 758. The average molecular weight is 376 g/mol. The molecule has 0 aromatic carbocycles. The van der Waals surface area contributed by atoms with Crippen LogP contribution in [0, 0.1) is 17.2 Å². The molecule has 2 rings (SSSR count). The normalized spacial score (nSPS) is 25.2. The van der Waals surface area contributed by atoms with Crippen LogP contribution in [0.3, 0.4) is 0 Å². The highest BCUT2D eigenvalue weighted by molar-refractivity contribution is 8.03. The van der Waals surface area contributed by atoms with Crippen molar-refractivity contribution in [3.05, 3.63) is 40.7 Å². The minimum Gasteiger partial charge on any atom is -0.466 e. The van der Waals surface area contributed by atoms with Crippen molar-refractivity contribution in [2.75, 3.05) is 12.4 Å². The zero-order valence-corrected chi connectivity index (χ0v) is 15.2. The number of ether oxygens (including phenoxy) is 1. The van der Waals surface area contributed by atoms with Crippen molar-refractivity contribution in [3.8, 4) is 6.07 Å². The Morgan fingerprint density at radius 3 is 2.69 bits per heavy atom. The first-order valence-electron chi connectivity index (χ1n) is 7.94. The standard InChI is InChI=1S/C17H20N4O4S/c1-3-25-16(23)14-13(10-4-6-20-7-5-10)11(8-18)15(21-17(14,2)24)26-9-12(19)22/h4-7,13-14,21,24H,3,9H2,1-2H3,(H2,19,22)/t13-,14+,17-/m1/s1. The monoisotopic (exact) mass is 376 g/mol. The number of amides is 1. The SMILES string of the molecule is CCOC(=O)[C@@H]1[C@H](c2ccncc2)C(C#N)=C(SCC(N)=O)N[C@]1(C)O. The zero-order valence-electron chi connectivity index (χ0n) is 14.4. The Hall–Kier alpha value is -2.57. The van der Waals surface area contributed by atoms with Gasteiger partial charge < -0.3 is 20.9 Å². The number of primary amides is 1. The molecule has 0 saturated carbocycles. The Morgan fingerprint density at radius 2 is 2.15 bits per heavy atom. The number of carbonyl (C=O) groups is 2. The summed E-state index contributed by atoms with van der Waals surface area (Å²) in [6, 6.07) is 5.44. The highest BCUT2D eigenvalue weighted by atomic mass is 32.2. The number of aromatic nitrogens is 1. The van der Waals surface area contributed by atoms with Gasteiger partial charge in [0.15, 0.2) is 0 Å². The number of rotatable bonds is 6. The third-order valence-electron chi connectivity index (χ3n) is 3.95. The van der Waals surface area contributed by atoms with Gasteiger partial charge in [0.2, 0.25) is 5.91 Å². The van der Waals surface area contributed by atoms with E-state index in [2.05, 4.69) is 16.4 Å². The van der Waals surface area contributed by atoms with Gasteiger partial charge in [0.25, 0.3) is 0 Å². The number of hydrogen-bond donors (Lipinski definition) is 3. The Morgan fingerprint density at radius 1 is 1.50 bits per heavy atom. The number of nitrogens with one attached hydrogen (secondary N) is 1. The summed E-state index contributed by atoms with van der Waals surface area (Å²) in [6.07, 6.45) is 3.08. The Kier molecular flexibility index (Phi) is 6.23. The van der Waals surface area contributed by atoms with Gasteiger partial charge in [-0.1, -0.05) is 11.8 Å². The van der Waals surface area contributed by atoms with Crippen molar-refractivity contribution in [1.29, 1.82) is 5.26 Å². The number of aliphatic hydroxyl groups is 1. The molecule has 2 heterocycles. The van der Waals surface area contributed by atoms with Crippen molar-refractivity contribution in [2.24, 2.45) is 11.7 Å². The molecule has 0 aliphatic carbocycles. The quantitative estimate of drug-likeness (QED) is 0.614. The molecule has 0 saturated heterocycles. The van der Waals surface area contributed by atoms with Gasteiger partial charge >= 0.3 is 5.97 Å². The van der Waals surface area contributed by atoms with Crippen molar-refractivity contribution in [2.45, 2.75) is 25.5 Å². The highest BCUT2D eigenvalue weighted by Gasteiger charge is 2.50. The number of hydrogen-bond acceptors (Lipinski definition) is 8. The third kappa shape index (κ3) is 4.15. The second-order valence-corrected chi connectivity index (χ2v) is 6.86. The number of nitrogens with zero attached hydrogens (tertiary/aromatic N) is 2. The molecule has 3 atom stereocenters. The number of nitriles is 1. The lowest BCUT2D eigenvalue weighted by atomic mass is 9.74. The molecule has 1 amide bonds. The van der Waals surface area contributed by atoms with Gasteiger partial charge in [-0.25, -0.2) is 0 Å². The molecule has 4 N–H and O–H groups in total. The fraction of sp³-hybridized carbons (Fsp3) is 0.412. The summed E-state index contributed by atoms with van der Waals surface area (Å²) < 4.78 is 5.13. The van der Waals surface area contributed by atoms with E-state index in [-0.39, 0.29) is 17.9 Å². The molecule has 1 aliphatic heterocycles. The van der Waals surface area contributed by atoms with Crippen molar-refractivity contribution >= 4 is 23.6 Å². The van der Waals surface area contributed by atoms with Crippen LogP contribution in [-0.4, -0.2) is 40.1 Å². The van der Waals surface area contributed by atoms with Crippen LogP contribution in [0.1, 0.15) is 25.3 Å². The minimum absolute atomic E-state index is 0.0727. The highest BCUT2D eigenvalue weighted by Crippen LogP contribution is 2.44. The molecule has 1 aromatic heterocycles. The third-order valence-corrected chi connectivity index (χ3v) is 4.99. The largest absolute Gasteiger partial charge is 0.466 e. The Labute approximate surface area is 155 Å². The summed E-state index contributed by atoms with van der Waals surface area (Å²) in [5, 5.41) is 23.7. The number of esters is 1. The molecular formula is C17H20N4O4S. The smallest absolute Gasteiger partial charge is 0.314 e. The van der Waals surface area contributed by atoms with E-state index >= 15 is 0 Å². The first kappa shape index (κ1) is 19.8. The molecule has 1 aromatic rings. The fourth-order valence-corrected chi connectivity index (χ4v) is 3.81. The van der Waals surface area contributed by atoms with Crippen molar-refractivity contribution in [3.63, 3.8) is 0 Å². The number of thioether (sulfide) groups is 1. The van der Waals surface area contributed by atoms with Gasteiger partial charge in [0, 0.05) is 18.3 Å². The van der Waals surface area contributed by atoms with Crippen molar-refractivity contribution in [1.82, 2.24) is 10.3 Å². The molecule has 0 unspecified atom stereocenters. The topological polar surface area (TPSA) is 138 Å². The molecule has 1 aliphatic rings. The van der Waals surface area contributed by atoms with E-state index in [0.29, 0.717) is 10.6 Å². The number of nitrogens with two attached hydrogens (primary N) is 1. The van der Waals surface area contributed by atoms with Crippen LogP contribution >= 0.6 is 11.8 Å². The average Bonchev–Trinajstić information content (AvgIpc) is 2.59. The van der Waals surface area contributed by atoms with Gasteiger partial charge in [0.1, 0.15) is 11.6 Å². The Balaban J connectivity index is 2.60. The second-order valence-electron chi connectivity index (χ2n) is 5.87. The minimum atomic E-state index is -1.69. The predicted octanol–water partition coefficient (Wildman–Crippen LogP) is 0.610. The number of allylic oxidation sites excluding steroid dienone is 1. The maximum Gasteiger partial charge on any atom is 0.314 e. The first-order valence-corrected chi connectivity index (χ1v) is 8.92. The van der Waals surface area contributed by atoms with Crippen LogP contribution in [0.25, 0.3) is 0 Å². The molecule has 0 fully saturated rings. The lowest BCUT2D eigenvalue weighted by molar-refractivity contribution is -0.161. The summed E-state index contributed by atoms with van der Waals surface area (Å²) in [5.41, 5.74) is 4.35. The van der Waals surface area contributed by atoms with E-state index < -0.39 is 29.4 Å². The van der Waals surface area contributed by atoms with Gasteiger partial charge in [-0.3, -0.25) is 14.6 Å². The van der Waals surface area contributed by atoms with Gasteiger partial charge in [-0.05, 0) is 31.5 Å². The van der Waals surface area contributed by atoms with E-state index in [0.717, 1.165) is 11.8 Å². The zero-order chi connectivity index (χ0) is 19.3. The summed E-state index contributed by atoms with van der Waals surface area (Å²) in [7, 11) is 0. The van der Waals surface area contributed by atoms with Crippen molar-refractivity contribution < 1.29 is 19.4 Å². The summed E-state index contributed by atoms with van der Waals surface area (Å²) in [5.74, 6) is -3.07. The summed E-state index contributed by atoms with van der Waals surface area (Å²) >= 11 is 1.01. The molecule has 0 spiro atoms. The first-order chi connectivity index (χ1) is 12.3. The van der Waals surface area contributed by atoms with Crippen LogP contribution in [0.15, 0.2) is 35.1 Å². The lowest BCUT2D eigenvalue weighted by Crippen LogP contribution is -2.57. The maximum absolute atomic E-state index is 12.6. The molecule has 26 heavy (non-hydrogen) atoms. The van der Waals surface area contributed by atoms with Gasteiger partial charge in [0.05, 0.1) is 29.0 Å². The van der Waals surface area contributed by atoms with Crippen LogP contribution in [-0.2, 0) is 14.3 Å². The molecule has 9 heteroatoms. The van der Waals surface area contributed by atoms with Crippen LogP contribution in [0.5, 0.6) is 0 Å². The van der Waals surface area contributed by atoms with Gasteiger partial charge in [-0.2, -0.15) is 5.26 Å². The van der Waals surface area contributed by atoms with E-state index in [1.807, 2.05) is 0 Å². The lowest BCUT2D eigenvalue weighted by Gasteiger charge is -2.42. The van der Waals surface area contributed by atoms with E-state index in [9.17, 15) is 20.0 Å². The van der Waals surface area contributed by atoms with E-state index in [1.165, 1.54) is 6.92 Å². The van der Waals surface area contributed by atoms with Crippen LogP contribution < -0.4 is 11.1 Å². The molecule has 0 bridgehead atoms. The number of carbonyl (C=O) groups excluding carboxylic acids is 2. The van der Waals surface area contributed by atoms with E-state index in [1.54, 1.807) is 31.5 Å². The second kappa shape index (κ2) is 8.21. The maximum atomic E-state index is 12.6. The molecule has 8 nitrogen and oxygen atoms in total. The molecule has 138 valence electrons. The summed E-state index contributed by atoms with van der Waals surface area (Å²) in [6.45, 7) is 3.24. The molecular weight excluding hydrogens is 356 g/mol. The van der Waals surface area contributed by atoms with E-state index in [4.69, 9.17) is 10.5 Å². The number of pyridine rings is 1. The summed E-state index contributed by atoms with van der Waals surface area (Å²) in [4.78, 5) is 27.7. The van der Waals surface area contributed by atoms with Crippen LogP contribution in [0.4, 0.5) is 0 Å². The fourth-order valence-electron chi connectivity index (χ4n) is 2.91. The predicted molar refractivity (Wildman–Crippen MR) is 95.2 cm³/mol. The molecule has 0 radical (unpaired) electrons.